The Morgan fingerprint density at radius 1 is 1.45 bits per heavy atom. The number of aryl methyl sites for hydroxylation is 2. The second-order valence-corrected chi connectivity index (χ2v) is 4.41. The third-order valence-corrected chi connectivity index (χ3v) is 2.64. The van der Waals surface area contributed by atoms with Crippen LogP contribution < -0.4 is 0 Å². The molecule has 0 aliphatic rings. The number of nitrogens with zero attached hydrogens (tertiary/aromatic N) is 3. The van der Waals surface area contributed by atoms with E-state index in [2.05, 4.69) is 5.10 Å². The lowest BCUT2D eigenvalue weighted by Crippen LogP contribution is -2.06. The van der Waals surface area contributed by atoms with E-state index in [1.54, 1.807) is 37.1 Å². The molecule has 0 radical (unpaired) electrons. The number of hydrogen-bond acceptors (Lipinski definition) is 5. The molecule has 0 spiro atoms. The average molecular weight is 275 g/mol. The third-order valence-electron chi connectivity index (χ3n) is 2.64. The molecule has 7 nitrogen and oxygen atoms in total. The van der Waals surface area contributed by atoms with E-state index in [1.165, 1.54) is 12.1 Å². The summed E-state index contributed by atoms with van der Waals surface area (Å²) in [7, 11) is 1.76. The van der Waals surface area contributed by atoms with Crippen LogP contribution in [0.15, 0.2) is 30.6 Å². The van der Waals surface area contributed by atoms with E-state index >= 15 is 0 Å². The Hall–Kier alpha value is -2.70. The first kappa shape index (κ1) is 13.7. The van der Waals surface area contributed by atoms with Gasteiger partial charge in [0.25, 0.3) is 5.69 Å². The van der Waals surface area contributed by atoms with Gasteiger partial charge < -0.3 is 4.74 Å². The number of hydrogen-bond donors (Lipinski definition) is 0. The van der Waals surface area contributed by atoms with Gasteiger partial charge in [0, 0.05) is 30.9 Å². The maximum absolute atomic E-state index is 11.9. The van der Waals surface area contributed by atoms with Crippen molar-refractivity contribution in [2.45, 2.75) is 13.5 Å². The minimum atomic E-state index is -0.597. The number of carbonyl (C=O) groups is 1. The lowest BCUT2D eigenvalue weighted by Gasteiger charge is -2.04. The summed E-state index contributed by atoms with van der Waals surface area (Å²) in [6.45, 7) is 1.76. The minimum absolute atomic E-state index is 0.0778. The number of ether oxygens (including phenoxy) is 1. The van der Waals surface area contributed by atoms with E-state index in [4.69, 9.17) is 4.74 Å². The van der Waals surface area contributed by atoms with Gasteiger partial charge in [-0.05, 0) is 18.6 Å². The van der Waals surface area contributed by atoms with Gasteiger partial charge in [-0.3, -0.25) is 14.8 Å². The van der Waals surface area contributed by atoms with E-state index in [-0.39, 0.29) is 17.9 Å². The smallest absolute Gasteiger partial charge is 0.338 e. The van der Waals surface area contributed by atoms with Crippen molar-refractivity contribution in [2.24, 2.45) is 7.05 Å². The monoisotopic (exact) mass is 275 g/mol. The number of nitro groups is 1. The van der Waals surface area contributed by atoms with Gasteiger partial charge in [-0.2, -0.15) is 5.10 Å². The molecule has 0 saturated carbocycles. The molecule has 20 heavy (non-hydrogen) atoms. The summed E-state index contributed by atoms with van der Waals surface area (Å²) in [5, 5.41) is 14.7. The van der Waals surface area contributed by atoms with Crippen LogP contribution in [-0.4, -0.2) is 20.7 Å². The van der Waals surface area contributed by atoms with Gasteiger partial charge in [-0.15, -0.1) is 0 Å². The summed E-state index contributed by atoms with van der Waals surface area (Å²) in [6.07, 6.45) is 3.32. The predicted molar refractivity (Wildman–Crippen MR) is 70.2 cm³/mol. The Kier molecular flexibility index (Phi) is 3.79. The molecule has 0 N–H and O–H groups in total. The Bertz CT molecular complexity index is 663. The number of esters is 1. The number of nitro benzene ring substituents is 1. The highest BCUT2D eigenvalue weighted by Gasteiger charge is 2.14. The molecule has 104 valence electrons. The minimum Gasteiger partial charge on any atom is -0.457 e. The lowest BCUT2D eigenvalue weighted by atomic mass is 10.1. The zero-order valence-corrected chi connectivity index (χ0v) is 11.1. The van der Waals surface area contributed by atoms with Gasteiger partial charge in [-0.1, -0.05) is 0 Å². The van der Waals surface area contributed by atoms with E-state index in [0.717, 1.165) is 5.56 Å². The van der Waals surface area contributed by atoms with Crippen LogP contribution in [0, 0.1) is 17.0 Å². The standard InChI is InChI=1S/C13H13N3O4/c1-9-3-11(5-12(4-9)16(18)19)13(17)20-8-10-6-14-15(2)7-10/h3-7H,8H2,1-2H3. The molecule has 0 aliphatic carbocycles. The molecule has 1 heterocycles. The molecule has 7 heteroatoms. The summed E-state index contributed by atoms with van der Waals surface area (Å²) in [6, 6.07) is 4.16. The normalized spacial score (nSPS) is 10.3. The van der Waals surface area contributed by atoms with Crippen LogP contribution >= 0.6 is 0 Å². The van der Waals surface area contributed by atoms with Crippen molar-refractivity contribution >= 4 is 11.7 Å². The first-order chi connectivity index (χ1) is 9.45. The topological polar surface area (TPSA) is 87.3 Å². The Morgan fingerprint density at radius 2 is 2.20 bits per heavy atom. The highest BCUT2D eigenvalue weighted by molar-refractivity contribution is 5.90. The molecule has 0 unspecified atom stereocenters. The van der Waals surface area contributed by atoms with Crippen molar-refractivity contribution in [1.29, 1.82) is 0 Å². The molecule has 0 amide bonds. The zero-order chi connectivity index (χ0) is 14.7. The number of aromatic nitrogens is 2. The Balaban J connectivity index is 2.10. The summed E-state index contributed by atoms with van der Waals surface area (Å²) in [4.78, 5) is 22.1. The van der Waals surface area contributed by atoms with Crippen LogP contribution in [0.4, 0.5) is 5.69 Å². The quantitative estimate of drug-likeness (QED) is 0.483. The number of carbonyl (C=O) groups excluding carboxylic acids is 1. The van der Waals surface area contributed by atoms with E-state index < -0.39 is 10.9 Å². The molecular weight excluding hydrogens is 262 g/mol. The average Bonchev–Trinajstić information content (AvgIpc) is 2.81. The molecule has 2 rings (SSSR count). The Morgan fingerprint density at radius 3 is 2.80 bits per heavy atom. The highest BCUT2D eigenvalue weighted by atomic mass is 16.6. The number of rotatable bonds is 4. The van der Waals surface area contributed by atoms with Crippen LogP contribution in [0.3, 0.4) is 0 Å². The maximum Gasteiger partial charge on any atom is 0.338 e. The third kappa shape index (κ3) is 3.19. The van der Waals surface area contributed by atoms with E-state index in [9.17, 15) is 14.9 Å². The fraction of sp³-hybridized carbons (Fsp3) is 0.231. The maximum atomic E-state index is 11.9. The van der Waals surface area contributed by atoms with Gasteiger partial charge in [-0.25, -0.2) is 4.79 Å². The van der Waals surface area contributed by atoms with Crippen molar-refractivity contribution in [2.75, 3.05) is 0 Å². The fourth-order valence-corrected chi connectivity index (χ4v) is 1.76. The molecule has 0 atom stereocenters. The molecule has 0 bridgehead atoms. The molecular formula is C13H13N3O4. The number of non-ortho nitro benzene ring substituents is 1. The van der Waals surface area contributed by atoms with Crippen LogP contribution in [-0.2, 0) is 18.4 Å². The summed E-state index contributed by atoms with van der Waals surface area (Å²) >= 11 is 0. The van der Waals surface area contributed by atoms with Gasteiger partial charge in [0.05, 0.1) is 16.7 Å². The SMILES string of the molecule is Cc1cc(C(=O)OCc2cnn(C)c2)cc([N+](=O)[O-])c1. The molecule has 0 saturated heterocycles. The van der Waals surface area contributed by atoms with Crippen molar-refractivity contribution in [3.63, 3.8) is 0 Å². The number of benzene rings is 1. The second-order valence-electron chi connectivity index (χ2n) is 4.41. The lowest BCUT2D eigenvalue weighted by molar-refractivity contribution is -0.384. The fourth-order valence-electron chi connectivity index (χ4n) is 1.76. The van der Waals surface area contributed by atoms with Crippen LogP contribution in [0.25, 0.3) is 0 Å². The zero-order valence-electron chi connectivity index (χ0n) is 11.1. The van der Waals surface area contributed by atoms with Gasteiger partial charge >= 0.3 is 5.97 Å². The first-order valence-electron chi connectivity index (χ1n) is 5.86. The molecule has 1 aromatic heterocycles. The molecule has 2 aromatic rings. The van der Waals surface area contributed by atoms with Crippen LogP contribution in [0.2, 0.25) is 0 Å². The van der Waals surface area contributed by atoms with Gasteiger partial charge in [0.1, 0.15) is 6.61 Å². The van der Waals surface area contributed by atoms with Crippen molar-refractivity contribution < 1.29 is 14.5 Å². The highest BCUT2D eigenvalue weighted by Crippen LogP contribution is 2.17. The summed E-state index contributed by atoms with van der Waals surface area (Å²) in [5.74, 6) is -0.597. The van der Waals surface area contributed by atoms with Gasteiger partial charge in [0.15, 0.2) is 0 Å². The molecule has 0 aliphatic heterocycles. The second kappa shape index (κ2) is 5.52. The first-order valence-corrected chi connectivity index (χ1v) is 5.86. The van der Waals surface area contributed by atoms with Crippen LogP contribution in [0.1, 0.15) is 21.5 Å². The predicted octanol–water partition coefficient (Wildman–Crippen LogP) is 1.99. The molecule has 0 fully saturated rings. The summed E-state index contributed by atoms with van der Waals surface area (Å²) in [5.41, 5.74) is 1.43. The van der Waals surface area contributed by atoms with Crippen molar-refractivity contribution in [1.82, 2.24) is 9.78 Å². The van der Waals surface area contributed by atoms with Crippen LogP contribution in [0.5, 0.6) is 0 Å². The molecule has 1 aromatic carbocycles. The largest absolute Gasteiger partial charge is 0.457 e. The Labute approximate surface area is 114 Å². The van der Waals surface area contributed by atoms with E-state index in [1.807, 2.05) is 0 Å². The van der Waals surface area contributed by atoms with Gasteiger partial charge in [0.2, 0.25) is 0 Å². The van der Waals surface area contributed by atoms with E-state index in [0.29, 0.717) is 5.56 Å². The van der Waals surface area contributed by atoms with Crippen molar-refractivity contribution in [3.8, 4) is 0 Å². The summed E-state index contributed by atoms with van der Waals surface area (Å²) < 4.78 is 6.70. The van der Waals surface area contributed by atoms with Crippen molar-refractivity contribution in [3.05, 3.63) is 57.4 Å².